The second-order valence-corrected chi connectivity index (χ2v) is 8.19. The third-order valence-electron chi connectivity index (χ3n) is 5.42. The molecule has 2 amide bonds. The Balaban J connectivity index is 1.90. The smallest absolute Gasteiger partial charge is 0.300 e. The number of ketones is 1. The van der Waals surface area contributed by atoms with Gasteiger partial charge in [0.1, 0.15) is 5.76 Å². The summed E-state index contributed by atoms with van der Waals surface area (Å²) < 4.78 is 0. The first-order valence-electron chi connectivity index (χ1n) is 10.4. The van der Waals surface area contributed by atoms with Gasteiger partial charge in [0.15, 0.2) is 0 Å². The Labute approximate surface area is 204 Å². The predicted octanol–water partition coefficient (Wildman–Crippen LogP) is 4.83. The van der Waals surface area contributed by atoms with Crippen LogP contribution < -0.4 is 10.2 Å². The standard InChI is InChI=1S/C25H18ClN3O6/c1-14(30)27-18-9-11-19(12-10-18)28-22(16-3-2-4-20(13-16)29(34)35)21(24(32)25(28)33)23(31)15-5-7-17(26)8-6-15/h2-13,22,31H,1H3,(H,27,30)/b23-21-. The Kier molecular flexibility index (Phi) is 6.35. The minimum absolute atomic E-state index is 0.219. The topological polar surface area (TPSA) is 130 Å². The molecule has 9 nitrogen and oxygen atoms in total. The van der Waals surface area contributed by atoms with Gasteiger partial charge >= 0.3 is 0 Å². The van der Waals surface area contributed by atoms with Crippen LogP contribution in [0.25, 0.3) is 5.76 Å². The fourth-order valence-electron chi connectivity index (χ4n) is 3.89. The maximum atomic E-state index is 13.2. The van der Waals surface area contributed by atoms with Crippen LogP contribution in [-0.4, -0.2) is 27.6 Å². The van der Waals surface area contributed by atoms with E-state index < -0.39 is 28.4 Å². The Hall–Kier alpha value is -4.50. The van der Waals surface area contributed by atoms with Crippen LogP contribution >= 0.6 is 11.6 Å². The van der Waals surface area contributed by atoms with E-state index in [1.54, 1.807) is 12.1 Å². The summed E-state index contributed by atoms with van der Waals surface area (Å²) in [6, 6.07) is 16.6. The van der Waals surface area contributed by atoms with Gasteiger partial charge in [-0.1, -0.05) is 23.7 Å². The van der Waals surface area contributed by atoms with Crippen molar-refractivity contribution in [2.24, 2.45) is 0 Å². The zero-order valence-electron chi connectivity index (χ0n) is 18.3. The van der Waals surface area contributed by atoms with Crippen LogP contribution in [0.1, 0.15) is 24.1 Å². The first kappa shape index (κ1) is 23.7. The van der Waals surface area contributed by atoms with Gasteiger partial charge in [-0.25, -0.2) is 0 Å². The number of nitrogens with one attached hydrogen (secondary N) is 1. The Morgan fingerprint density at radius 2 is 1.71 bits per heavy atom. The third-order valence-corrected chi connectivity index (χ3v) is 5.68. The molecule has 1 saturated heterocycles. The van der Waals surface area contributed by atoms with Crippen molar-refractivity contribution in [3.63, 3.8) is 0 Å². The molecule has 10 heteroatoms. The summed E-state index contributed by atoms with van der Waals surface area (Å²) in [6.45, 7) is 1.35. The van der Waals surface area contributed by atoms with Gasteiger partial charge in [-0.15, -0.1) is 0 Å². The molecule has 1 unspecified atom stereocenters. The molecule has 2 N–H and O–H groups in total. The van der Waals surface area contributed by atoms with Crippen molar-refractivity contribution < 1.29 is 24.4 Å². The normalized spacial score (nSPS) is 16.9. The van der Waals surface area contributed by atoms with Crippen LogP contribution in [0.5, 0.6) is 0 Å². The lowest BCUT2D eigenvalue weighted by molar-refractivity contribution is -0.384. The number of Topliss-reactive ketones (excluding diaryl/α,β-unsaturated/α-hetero) is 1. The summed E-state index contributed by atoms with van der Waals surface area (Å²) in [5.41, 5.74) is 0.840. The van der Waals surface area contributed by atoms with Gasteiger partial charge in [0.25, 0.3) is 17.4 Å². The number of carbonyl (C=O) groups is 3. The SMILES string of the molecule is CC(=O)Nc1ccc(N2C(=O)C(=O)/C(=C(\O)c3ccc(Cl)cc3)C2c2cccc([N+](=O)[O-])c2)cc1. The molecule has 0 aromatic heterocycles. The van der Waals surface area contributed by atoms with E-state index in [0.29, 0.717) is 16.4 Å². The van der Waals surface area contributed by atoms with E-state index in [2.05, 4.69) is 5.32 Å². The molecule has 0 spiro atoms. The zero-order chi connectivity index (χ0) is 25.3. The highest BCUT2D eigenvalue weighted by molar-refractivity contribution is 6.51. The average molecular weight is 492 g/mol. The van der Waals surface area contributed by atoms with E-state index >= 15 is 0 Å². The number of aliphatic hydroxyl groups excluding tert-OH is 1. The Morgan fingerprint density at radius 1 is 1.06 bits per heavy atom. The van der Waals surface area contributed by atoms with Gasteiger partial charge in [0.05, 0.1) is 16.5 Å². The van der Waals surface area contributed by atoms with E-state index in [9.17, 15) is 29.6 Å². The highest BCUT2D eigenvalue weighted by Crippen LogP contribution is 2.43. The van der Waals surface area contributed by atoms with E-state index in [1.807, 2.05) is 0 Å². The molecule has 176 valence electrons. The van der Waals surface area contributed by atoms with Crippen molar-refractivity contribution in [2.45, 2.75) is 13.0 Å². The van der Waals surface area contributed by atoms with E-state index in [-0.39, 0.29) is 28.3 Å². The van der Waals surface area contributed by atoms with Gasteiger partial charge in [-0.2, -0.15) is 0 Å². The first-order chi connectivity index (χ1) is 16.7. The lowest BCUT2D eigenvalue weighted by Gasteiger charge is -2.25. The summed E-state index contributed by atoms with van der Waals surface area (Å²) in [6.07, 6.45) is 0. The number of nitro groups is 1. The fraction of sp³-hybridized carbons (Fsp3) is 0.0800. The summed E-state index contributed by atoms with van der Waals surface area (Å²) >= 11 is 5.93. The quantitative estimate of drug-likeness (QED) is 0.173. The van der Waals surface area contributed by atoms with Crippen LogP contribution in [0, 0.1) is 10.1 Å². The monoisotopic (exact) mass is 491 g/mol. The largest absolute Gasteiger partial charge is 0.507 e. The molecule has 1 atom stereocenters. The van der Waals surface area contributed by atoms with Crippen molar-refractivity contribution in [1.82, 2.24) is 0 Å². The number of hydrogen-bond donors (Lipinski definition) is 2. The minimum Gasteiger partial charge on any atom is -0.507 e. The number of aliphatic hydroxyl groups is 1. The predicted molar refractivity (Wildman–Crippen MR) is 130 cm³/mol. The summed E-state index contributed by atoms with van der Waals surface area (Å²) in [7, 11) is 0. The van der Waals surface area contributed by atoms with E-state index in [0.717, 1.165) is 0 Å². The molecule has 0 aliphatic carbocycles. The van der Waals surface area contributed by atoms with E-state index in [4.69, 9.17) is 11.6 Å². The second kappa shape index (κ2) is 9.40. The lowest BCUT2D eigenvalue weighted by Crippen LogP contribution is -2.29. The van der Waals surface area contributed by atoms with Crippen molar-refractivity contribution in [2.75, 3.05) is 10.2 Å². The third kappa shape index (κ3) is 4.62. The highest BCUT2D eigenvalue weighted by atomic mass is 35.5. The molecular formula is C25H18ClN3O6. The van der Waals surface area contributed by atoms with Crippen molar-refractivity contribution >= 4 is 52.0 Å². The first-order valence-corrected chi connectivity index (χ1v) is 10.7. The molecule has 0 saturated carbocycles. The number of nitrogens with zero attached hydrogens (tertiary/aromatic N) is 2. The zero-order valence-corrected chi connectivity index (χ0v) is 19.0. The van der Waals surface area contributed by atoms with Crippen LogP contribution in [0.3, 0.4) is 0 Å². The van der Waals surface area contributed by atoms with Gasteiger partial charge in [-0.3, -0.25) is 29.4 Å². The number of amides is 2. The second-order valence-electron chi connectivity index (χ2n) is 7.76. The molecule has 35 heavy (non-hydrogen) atoms. The lowest BCUT2D eigenvalue weighted by atomic mass is 9.95. The molecule has 1 heterocycles. The van der Waals surface area contributed by atoms with Gasteiger partial charge in [0.2, 0.25) is 5.91 Å². The highest BCUT2D eigenvalue weighted by Gasteiger charge is 2.47. The summed E-state index contributed by atoms with van der Waals surface area (Å²) in [5.74, 6) is -2.57. The number of halogens is 1. The minimum atomic E-state index is -1.14. The van der Waals surface area contributed by atoms with Crippen LogP contribution in [-0.2, 0) is 14.4 Å². The number of anilines is 2. The van der Waals surface area contributed by atoms with Crippen LogP contribution in [0.2, 0.25) is 5.02 Å². The van der Waals surface area contributed by atoms with Gasteiger partial charge < -0.3 is 10.4 Å². The van der Waals surface area contributed by atoms with Crippen molar-refractivity contribution in [3.8, 4) is 0 Å². The van der Waals surface area contributed by atoms with Gasteiger partial charge in [0, 0.05) is 41.0 Å². The molecule has 0 bridgehead atoms. The molecule has 3 aromatic carbocycles. The van der Waals surface area contributed by atoms with Crippen molar-refractivity contribution in [1.29, 1.82) is 0 Å². The molecular weight excluding hydrogens is 474 g/mol. The summed E-state index contributed by atoms with van der Waals surface area (Å²) in [5, 5.41) is 25.5. The summed E-state index contributed by atoms with van der Waals surface area (Å²) in [4.78, 5) is 49.6. The maximum absolute atomic E-state index is 13.2. The average Bonchev–Trinajstić information content (AvgIpc) is 3.10. The van der Waals surface area contributed by atoms with Crippen LogP contribution in [0.4, 0.5) is 17.1 Å². The number of carbonyl (C=O) groups excluding carboxylic acids is 3. The molecule has 1 aliphatic heterocycles. The Morgan fingerprint density at radius 3 is 2.31 bits per heavy atom. The number of non-ortho nitro benzene ring substituents is 1. The van der Waals surface area contributed by atoms with E-state index in [1.165, 1.54) is 72.5 Å². The molecule has 4 rings (SSSR count). The number of nitro benzene ring substituents is 1. The fourth-order valence-corrected chi connectivity index (χ4v) is 4.02. The number of rotatable bonds is 5. The molecule has 1 fully saturated rings. The van der Waals surface area contributed by atoms with Crippen LogP contribution in [0.15, 0.2) is 78.4 Å². The Bertz CT molecular complexity index is 1380. The number of benzene rings is 3. The van der Waals surface area contributed by atoms with Crippen molar-refractivity contribution in [3.05, 3.63) is 105 Å². The molecule has 3 aromatic rings. The van der Waals surface area contributed by atoms with Gasteiger partial charge in [-0.05, 0) is 54.1 Å². The maximum Gasteiger partial charge on any atom is 0.300 e. The number of hydrogen-bond acceptors (Lipinski definition) is 6. The molecule has 1 aliphatic rings. The molecule has 0 radical (unpaired) electrons.